The fourth-order valence-corrected chi connectivity index (χ4v) is 4.07. The van der Waals surface area contributed by atoms with Crippen LogP contribution in [0.3, 0.4) is 0 Å². The van der Waals surface area contributed by atoms with E-state index in [9.17, 15) is 14.3 Å². The number of halogens is 1. The zero-order chi connectivity index (χ0) is 19.7. The summed E-state index contributed by atoms with van der Waals surface area (Å²) in [5.41, 5.74) is 5.54. The molecule has 0 unspecified atom stereocenters. The first kappa shape index (κ1) is 18.6. The number of likely N-dealkylation sites (tertiary alicyclic amines) is 1. The average Bonchev–Trinajstić information content (AvgIpc) is 2.66. The molecule has 2 saturated heterocycles. The molecule has 0 saturated carbocycles. The number of hydrogen-bond donors (Lipinski definition) is 2. The Morgan fingerprint density at radius 2 is 1.96 bits per heavy atom. The number of nitrogen functional groups attached to an aromatic ring is 1. The number of nitrogens with two attached hydrogens (primary N) is 1. The number of amides is 1. The van der Waals surface area contributed by atoms with Crippen LogP contribution in [0.15, 0.2) is 36.5 Å². The molecule has 8 heteroatoms. The summed E-state index contributed by atoms with van der Waals surface area (Å²) in [6.07, 6.45) is 2.69. The van der Waals surface area contributed by atoms with Crippen molar-refractivity contribution in [3.8, 4) is 0 Å². The van der Waals surface area contributed by atoms with Gasteiger partial charge in [0.2, 0.25) is 11.9 Å². The van der Waals surface area contributed by atoms with Crippen LogP contribution in [0, 0.1) is 11.2 Å². The van der Waals surface area contributed by atoms with E-state index < -0.39 is 5.41 Å². The van der Waals surface area contributed by atoms with Gasteiger partial charge in [0.15, 0.2) is 0 Å². The SMILES string of the molecule is Nc1ccnc(N2CC(Cc3ccccc3F)(C(=O)N3CCC(O)CC3)C2)n1. The Morgan fingerprint density at radius 3 is 2.64 bits per heavy atom. The number of aliphatic hydroxyl groups excluding tert-OH is 1. The second-order valence-corrected chi connectivity index (χ2v) is 7.71. The summed E-state index contributed by atoms with van der Waals surface area (Å²) in [7, 11) is 0. The molecule has 0 radical (unpaired) electrons. The molecule has 1 amide bonds. The summed E-state index contributed by atoms with van der Waals surface area (Å²) >= 11 is 0. The molecule has 0 bridgehead atoms. The number of aliphatic hydroxyl groups is 1. The number of piperidine rings is 1. The van der Waals surface area contributed by atoms with Crippen LogP contribution in [0.5, 0.6) is 0 Å². The van der Waals surface area contributed by atoms with Gasteiger partial charge in [-0.1, -0.05) is 18.2 Å². The van der Waals surface area contributed by atoms with Gasteiger partial charge in [0.05, 0.1) is 11.5 Å². The second-order valence-electron chi connectivity index (χ2n) is 7.71. The zero-order valence-corrected chi connectivity index (χ0v) is 15.6. The Bertz CT molecular complexity index is 863. The van der Waals surface area contributed by atoms with Crippen molar-refractivity contribution in [1.82, 2.24) is 14.9 Å². The minimum absolute atomic E-state index is 0.00260. The van der Waals surface area contributed by atoms with Gasteiger partial charge in [0.1, 0.15) is 11.6 Å². The first-order chi connectivity index (χ1) is 13.5. The van der Waals surface area contributed by atoms with Gasteiger partial charge in [0, 0.05) is 32.4 Å². The van der Waals surface area contributed by atoms with Crippen LogP contribution in [-0.4, -0.2) is 58.2 Å². The molecule has 3 N–H and O–H groups in total. The molecule has 2 aliphatic rings. The topological polar surface area (TPSA) is 95.6 Å². The van der Waals surface area contributed by atoms with Crippen LogP contribution >= 0.6 is 0 Å². The molecule has 148 valence electrons. The van der Waals surface area contributed by atoms with Gasteiger partial charge >= 0.3 is 0 Å². The molecule has 1 aromatic heterocycles. The van der Waals surface area contributed by atoms with E-state index in [0.29, 0.717) is 62.8 Å². The van der Waals surface area contributed by atoms with E-state index in [1.165, 1.54) is 6.07 Å². The van der Waals surface area contributed by atoms with E-state index in [-0.39, 0.29) is 17.8 Å². The molecule has 3 heterocycles. The number of rotatable bonds is 4. The minimum atomic E-state index is -0.738. The number of anilines is 2. The second kappa shape index (κ2) is 7.35. The van der Waals surface area contributed by atoms with Gasteiger partial charge in [-0.25, -0.2) is 9.37 Å². The Labute approximate surface area is 163 Å². The maximum absolute atomic E-state index is 14.3. The molecule has 2 aromatic rings. The van der Waals surface area contributed by atoms with Gasteiger partial charge in [-0.3, -0.25) is 4.79 Å². The summed E-state index contributed by atoms with van der Waals surface area (Å²) in [6, 6.07) is 8.19. The number of carbonyl (C=O) groups excluding carboxylic acids is 1. The average molecular weight is 385 g/mol. The van der Waals surface area contributed by atoms with E-state index in [4.69, 9.17) is 5.73 Å². The van der Waals surface area contributed by atoms with Crippen molar-refractivity contribution in [1.29, 1.82) is 0 Å². The van der Waals surface area contributed by atoms with E-state index in [1.807, 2.05) is 4.90 Å². The Hall–Kier alpha value is -2.74. The summed E-state index contributed by atoms with van der Waals surface area (Å²) < 4.78 is 14.3. The first-order valence-corrected chi connectivity index (χ1v) is 9.51. The monoisotopic (exact) mass is 385 g/mol. The van der Waals surface area contributed by atoms with E-state index in [1.54, 1.807) is 35.4 Å². The molecule has 4 rings (SSSR count). The van der Waals surface area contributed by atoms with Crippen molar-refractivity contribution >= 4 is 17.7 Å². The molecule has 7 nitrogen and oxygen atoms in total. The molecule has 0 spiro atoms. The normalized spacial score (nSPS) is 19.4. The predicted molar refractivity (Wildman–Crippen MR) is 103 cm³/mol. The molecule has 2 fully saturated rings. The van der Waals surface area contributed by atoms with Gasteiger partial charge in [-0.05, 0) is 37.0 Å². The third-order valence-electron chi connectivity index (χ3n) is 5.63. The third-order valence-corrected chi connectivity index (χ3v) is 5.63. The smallest absolute Gasteiger partial charge is 0.232 e. The van der Waals surface area contributed by atoms with Crippen molar-refractivity contribution in [2.24, 2.45) is 5.41 Å². The molecule has 0 aliphatic carbocycles. The minimum Gasteiger partial charge on any atom is -0.393 e. The predicted octanol–water partition coefficient (Wildman–Crippen LogP) is 1.23. The molecule has 1 aromatic carbocycles. The van der Waals surface area contributed by atoms with Crippen molar-refractivity contribution < 1.29 is 14.3 Å². The standard InChI is InChI=1S/C20H24FN5O2/c21-16-4-2-1-3-14(16)11-20(18(28)25-9-6-15(27)7-10-25)12-26(13-20)19-23-8-5-17(22)24-19/h1-5,8,15,27H,6-7,9-13H2,(H2,22,23,24). The van der Waals surface area contributed by atoms with Gasteiger partial charge in [-0.2, -0.15) is 4.98 Å². The quantitative estimate of drug-likeness (QED) is 0.822. The highest BCUT2D eigenvalue weighted by atomic mass is 19.1. The molecule has 2 aliphatic heterocycles. The maximum Gasteiger partial charge on any atom is 0.232 e. The maximum atomic E-state index is 14.3. The van der Waals surface area contributed by atoms with Crippen LogP contribution in [0.1, 0.15) is 18.4 Å². The van der Waals surface area contributed by atoms with Crippen LogP contribution in [-0.2, 0) is 11.2 Å². The largest absolute Gasteiger partial charge is 0.393 e. The number of carbonyl (C=O) groups is 1. The van der Waals surface area contributed by atoms with Crippen molar-refractivity contribution in [2.75, 3.05) is 36.8 Å². The van der Waals surface area contributed by atoms with Gasteiger partial charge < -0.3 is 20.6 Å². The lowest BCUT2D eigenvalue weighted by molar-refractivity contribution is -0.146. The highest BCUT2D eigenvalue weighted by Crippen LogP contribution is 2.39. The summed E-state index contributed by atoms with van der Waals surface area (Å²) in [4.78, 5) is 25.6. The first-order valence-electron chi connectivity index (χ1n) is 9.51. The summed E-state index contributed by atoms with van der Waals surface area (Å²) in [6.45, 7) is 1.85. The highest BCUT2D eigenvalue weighted by molar-refractivity contribution is 5.86. The summed E-state index contributed by atoms with van der Waals surface area (Å²) in [5.74, 6) is 0.546. The van der Waals surface area contributed by atoms with E-state index >= 15 is 0 Å². The Morgan fingerprint density at radius 1 is 1.25 bits per heavy atom. The Kier molecular flexibility index (Phi) is 4.89. The highest BCUT2D eigenvalue weighted by Gasteiger charge is 2.52. The van der Waals surface area contributed by atoms with Crippen LogP contribution in [0.25, 0.3) is 0 Å². The lowest BCUT2D eigenvalue weighted by Gasteiger charge is -2.51. The summed E-state index contributed by atoms with van der Waals surface area (Å²) in [5, 5.41) is 9.75. The lowest BCUT2D eigenvalue weighted by Crippen LogP contribution is -2.66. The van der Waals surface area contributed by atoms with Crippen LogP contribution < -0.4 is 10.6 Å². The number of aromatic nitrogens is 2. The molecule has 0 atom stereocenters. The van der Waals surface area contributed by atoms with Crippen molar-refractivity contribution in [2.45, 2.75) is 25.4 Å². The fraction of sp³-hybridized carbons (Fsp3) is 0.450. The number of hydrogen-bond acceptors (Lipinski definition) is 6. The third kappa shape index (κ3) is 3.52. The zero-order valence-electron chi connectivity index (χ0n) is 15.6. The number of benzene rings is 1. The van der Waals surface area contributed by atoms with Gasteiger partial charge in [0.25, 0.3) is 0 Å². The van der Waals surface area contributed by atoms with Crippen LogP contribution in [0.4, 0.5) is 16.2 Å². The molecular weight excluding hydrogens is 361 g/mol. The Balaban J connectivity index is 1.57. The van der Waals surface area contributed by atoms with E-state index in [0.717, 1.165) is 0 Å². The lowest BCUT2D eigenvalue weighted by atomic mass is 9.73. The van der Waals surface area contributed by atoms with Crippen molar-refractivity contribution in [3.63, 3.8) is 0 Å². The van der Waals surface area contributed by atoms with Gasteiger partial charge in [-0.15, -0.1) is 0 Å². The van der Waals surface area contributed by atoms with Crippen molar-refractivity contribution in [3.05, 3.63) is 47.9 Å². The van der Waals surface area contributed by atoms with E-state index in [2.05, 4.69) is 9.97 Å². The number of nitrogens with zero attached hydrogens (tertiary/aromatic N) is 4. The molecular formula is C20H24FN5O2. The fourth-order valence-electron chi connectivity index (χ4n) is 4.07. The molecule has 28 heavy (non-hydrogen) atoms. The van der Waals surface area contributed by atoms with Crippen LogP contribution in [0.2, 0.25) is 0 Å².